The van der Waals surface area contributed by atoms with Crippen molar-refractivity contribution in [3.8, 4) is 0 Å². The summed E-state index contributed by atoms with van der Waals surface area (Å²) >= 11 is 4.53. The second-order valence-electron chi connectivity index (χ2n) is 2.44. The van der Waals surface area contributed by atoms with Crippen LogP contribution >= 0.6 is 12.2 Å². The largest absolute Gasteiger partial charge is 0.486 e. The van der Waals surface area contributed by atoms with Gasteiger partial charge in [-0.25, -0.2) is 0 Å². The first kappa shape index (κ1) is 12.5. The molecule has 0 heterocycles. The van der Waals surface area contributed by atoms with Crippen molar-refractivity contribution in [2.24, 2.45) is 0 Å². The van der Waals surface area contributed by atoms with Crippen LogP contribution in [0.5, 0.6) is 0 Å². The first-order chi connectivity index (χ1) is 5.74. The summed E-state index contributed by atoms with van der Waals surface area (Å²) < 4.78 is 0. The van der Waals surface area contributed by atoms with E-state index in [1.54, 1.807) is 0 Å². The van der Waals surface area contributed by atoms with Gasteiger partial charge in [0.1, 0.15) is 0 Å². The third-order valence-electron chi connectivity index (χ3n) is 1.64. The third kappa shape index (κ3) is 3.83. The maximum absolute atomic E-state index is 8.85. The molecule has 2 nitrogen and oxygen atoms in total. The Morgan fingerprint density at radius 3 is 2.62 bits per heavy atom. The molecule has 0 spiro atoms. The number of rotatable bonds is 2. The number of aliphatic hydroxyl groups is 1. The summed E-state index contributed by atoms with van der Waals surface area (Å²) in [7, 11) is 0. The van der Waals surface area contributed by atoms with E-state index >= 15 is 0 Å². The van der Waals surface area contributed by atoms with Crippen molar-refractivity contribution >= 4 is 23.1 Å². The predicted molar refractivity (Wildman–Crippen MR) is 54.7 cm³/mol. The number of nitrogens with one attached hydrogen (secondary N) is 1. The monoisotopic (exact) mass is 245 g/mol. The van der Waals surface area contributed by atoms with Crippen LogP contribution in [-0.4, -0.2) is 10.3 Å². The molecule has 0 aliphatic heterocycles. The van der Waals surface area contributed by atoms with Crippen molar-refractivity contribution in [2.75, 3.05) is 5.32 Å². The quantitative estimate of drug-likeness (QED) is 0.621. The molecule has 1 aromatic carbocycles. The number of hydrogen-bond donors (Lipinski definition) is 2. The molecule has 0 atom stereocenters. The first-order valence-electron chi connectivity index (χ1n) is 3.82. The average molecular weight is 247 g/mol. The van der Waals surface area contributed by atoms with Crippen LogP contribution in [0.3, 0.4) is 0 Å². The minimum absolute atomic E-state index is 0. The fourth-order valence-electron chi connectivity index (χ4n) is 1.07. The normalized spacial score (nSPS) is 8.69. The average Bonchev–Trinajstić information content (AvgIpc) is 2.04. The molecule has 2 N–H and O–H groups in total. The molecule has 0 fully saturated rings. The molecule has 0 radical (unpaired) electrons. The zero-order valence-corrected chi connectivity index (χ0v) is 11.4. The van der Waals surface area contributed by atoms with E-state index in [1.807, 2.05) is 24.3 Å². The van der Waals surface area contributed by atoms with Crippen molar-refractivity contribution in [3.05, 3.63) is 29.8 Å². The summed E-state index contributed by atoms with van der Waals surface area (Å²) in [5.41, 5.74) is 2.03. The van der Waals surface area contributed by atoms with Gasteiger partial charge >= 0.3 is 0 Å². The Balaban J connectivity index is 0.00000144. The molecule has 4 heteroatoms. The van der Waals surface area contributed by atoms with E-state index < -0.39 is 0 Å². The summed E-state index contributed by atoms with van der Waals surface area (Å²) in [6, 6.07) is 7.76. The van der Waals surface area contributed by atoms with Gasteiger partial charge < -0.3 is 10.4 Å². The van der Waals surface area contributed by atoms with Gasteiger partial charge in [-0.15, -0.1) is 0 Å². The van der Waals surface area contributed by atoms with Gasteiger partial charge in [-0.3, -0.25) is 0 Å². The van der Waals surface area contributed by atoms with Crippen LogP contribution < -0.4 is 5.32 Å². The Hall–Kier alpha value is -0.467. The van der Waals surface area contributed by atoms with Crippen molar-refractivity contribution in [3.63, 3.8) is 0 Å². The zero-order chi connectivity index (χ0) is 8.97. The summed E-state index contributed by atoms with van der Waals surface area (Å²) in [5.74, 6) is 0. The topological polar surface area (TPSA) is 32.3 Å². The molecule has 13 heavy (non-hydrogen) atoms. The van der Waals surface area contributed by atoms with E-state index in [0.29, 0.717) is 0 Å². The van der Waals surface area contributed by atoms with Crippen LogP contribution in [0, 0.1) is 0 Å². The van der Waals surface area contributed by atoms with E-state index in [1.165, 1.54) is 0 Å². The standard InChI is InChI=1S/C9H11NOS.Zn/c1-2-7-5-3-4-6-8(7)10-9(11)12;/h3-6H,2H2,1H3,(H2,10,11,12);. The molecule has 0 saturated carbocycles. The van der Waals surface area contributed by atoms with E-state index in [9.17, 15) is 0 Å². The van der Waals surface area contributed by atoms with Crippen molar-refractivity contribution in [2.45, 2.75) is 13.3 Å². The Morgan fingerprint density at radius 1 is 1.46 bits per heavy atom. The van der Waals surface area contributed by atoms with E-state index in [-0.39, 0.29) is 24.7 Å². The second-order valence-corrected chi connectivity index (χ2v) is 2.83. The van der Waals surface area contributed by atoms with Crippen molar-refractivity contribution in [1.29, 1.82) is 0 Å². The maximum Gasteiger partial charge on any atom is 0.258 e. The van der Waals surface area contributed by atoms with Crippen LogP contribution in [0.2, 0.25) is 0 Å². The van der Waals surface area contributed by atoms with Gasteiger partial charge in [-0.1, -0.05) is 25.1 Å². The number of aryl methyl sites for hydroxylation is 1. The zero-order valence-electron chi connectivity index (χ0n) is 7.58. The molecule has 1 aromatic rings. The number of anilines is 1. The number of benzene rings is 1. The van der Waals surface area contributed by atoms with Crippen LogP contribution in [0.15, 0.2) is 24.3 Å². The van der Waals surface area contributed by atoms with Gasteiger partial charge in [0, 0.05) is 25.2 Å². The van der Waals surface area contributed by atoms with E-state index in [4.69, 9.17) is 5.11 Å². The summed E-state index contributed by atoms with van der Waals surface area (Å²) in [4.78, 5) is 0. The van der Waals surface area contributed by atoms with Crippen LogP contribution in [0.25, 0.3) is 0 Å². The molecule has 0 saturated heterocycles. The number of para-hydroxylation sites is 1. The fraction of sp³-hybridized carbons (Fsp3) is 0.222. The van der Waals surface area contributed by atoms with Crippen LogP contribution in [0.1, 0.15) is 12.5 Å². The molecule has 66 valence electrons. The molecular weight excluding hydrogens is 236 g/mol. The molecule has 0 unspecified atom stereocenters. The summed E-state index contributed by atoms with van der Waals surface area (Å²) in [6.07, 6.45) is 0.922. The predicted octanol–water partition coefficient (Wildman–Crippen LogP) is 2.50. The van der Waals surface area contributed by atoms with Crippen molar-refractivity contribution < 1.29 is 24.6 Å². The van der Waals surface area contributed by atoms with Gasteiger partial charge in [-0.2, -0.15) is 0 Å². The molecule has 0 amide bonds. The van der Waals surface area contributed by atoms with Crippen molar-refractivity contribution in [1.82, 2.24) is 0 Å². The fourth-order valence-corrected chi connectivity index (χ4v) is 1.18. The van der Waals surface area contributed by atoms with Crippen LogP contribution in [0.4, 0.5) is 5.69 Å². The van der Waals surface area contributed by atoms with Gasteiger partial charge in [0.2, 0.25) is 0 Å². The maximum atomic E-state index is 8.85. The number of aliphatic hydroxyl groups excluding tert-OH is 1. The van der Waals surface area contributed by atoms with Crippen LogP contribution in [-0.2, 0) is 25.9 Å². The minimum Gasteiger partial charge on any atom is -0.486 e. The molecule has 0 aliphatic carbocycles. The summed E-state index contributed by atoms with van der Waals surface area (Å²) in [6.45, 7) is 2.06. The van der Waals surface area contributed by atoms with E-state index in [0.717, 1.165) is 17.7 Å². The molecule has 1 rings (SSSR count). The second kappa shape index (κ2) is 6.06. The van der Waals surface area contributed by atoms with Gasteiger partial charge in [-0.05, 0) is 30.3 Å². The smallest absolute Gasteiger partial charge is 0.258 e. The van der Waals surface area contributed by atoms with E-state index in [2.05, 4.69) is 24.5 Å². The molecule has 0 aromatic heterocycles. The Bertz CT molecular complexity index is 291. The SMILES string of the molecule is CCc1ccccc1NC(O)=S.[Zn]. The minimum atomic E-state index is -0.184. The molecule has 0 bridgehead atoms. The third-order valence-corrected chi connectivity index (χ3v) is 1.74. The number of thiocarbonyl (C=S) groups is 1. The Morgan fingerprint density at radius 2 is 2.08 bits per heavy atom. The summed E-state index contributed by atoms with van der Waals surface area (Å²) in [5, 5.41) is 11.4. The van der Waals surface area contributed by atoms with Gasteiger partial charge in [0.25, 0.3) is 5.17 Å². The van der Waals surface area contributed by atoms with Gasteiger partial charge in [0.05, 0.1) is 0 Å². The molecular formula is C9H11NOSZn. The number of hydrogen-bond acceptors (Lipinski definition) is 1. The Labute approximate surface area is 96.1 Å². The molecule has 0 aliphatic rings. The Kier molecular flexibility index (Phi) is 5.84. The first-order valence-corrected chi connectivity index (χ1v) is 4.22. The van der Waals surface area contributed by atoms with Gasteiger partial charge in [0.15, 0.2) is 0 Å².